The monoisotopic (exact) mass is 426 g/mol. The summed E-state index contributed by atoms with van der Waals surface area (Å²) in [6.07, 6.45) is -1.13. The topological polar surface area (TPSA) is 66.5 Å². The van der Waals surface area contributed by atoms with E-state index in [9.17, 15) is 26.4 Å². The van der Waals surface area contributed by atoms with Gasteiger partial charge in [-0.2, -0.15) is 13.2 Å². The van der Waals surface area contributed by atoms with Crippen LogP contribution >= 0.6 is 0 Å². The lowest BCUT2D eigenvalue weighted by Crippen LogP contribution is -2.31. The van der Waals surface area contributed by atoms with Gasteiger partial charge in [-0.1, -0.05) is 24.6 Å². The van der Waals surface area contributed by atoms with Crippen LogP contribution in [0.4, 0.5) is 13.2 Å². The van der Waals surface area contributed by atoms with E-state index in [0.717, 1.165) is 56.2 Å². The molecule has 1 saturated heterocycles. The lowest BCUT2D eigenvalue weighted by molar-refractivity contribution is -0.137. The molecule has 3 rings (SSSR count). The second-order valence-corrected chi connectivity index (χ2v) is 8.68. The molecule has 1 N–H and O–H groups in total. The summed E-state index contributed by atoms with van der Waals surface area (Å²) < 4.78 is 64.9. The summed E-state index contributed by atoms with van der Waals surface area (Å²) in [6, 6.07) is 9.77. The Morgan fingerprint density at radius 1 is 1.00 bits per heavy atom. The van der Waals surface area contributed by atoms with Gasteiger partial charge in [0.15, 0.2) is 0 Å². The molecule has 0 saturated carbocycles. The Morgan fingerprint density at radius 2 is 1.66 bits per heavy atom. The van der Waals surface area contributed by atoms with Crippen LogP contribution in [0.2, 0.25) is 0 Å². The fraction of sp³-hybridized carbons (Fsp3) is 0.350. The van der Waals surface area contributed by atoms with E-state index in [1.165, 1.54) is 18.6 Å². The van der Waals surface area contributed by atoms with Gasteiger partial charge in [-0.15, -0.1) is 0 Å². The van der Waals surface area contributed by atoms with Crippen molar-refractivity contribution >= 4 is 15.9 Å². The normalized spacial score (nSPS) is 15.8. The van der Waals surface area contributed by atoms with Crippen LogP contribution in [0.1, 0.15) is 40.7 Å². The van der Waals surface area contributed by atoms with Gasteiger partial charge >= 0.3 is 6.18 Å². The highest BCUT2D eigenvalue weighted by Gasteiger charge is 2.32. The summed E-state index contributed by atoms with van der Waals surface area (Å²) >= 11 is 0. The molecule has 1 amide bonds. The van der Waals surface area contributed by atoms with Gasteiger partial charge in [-0.05, 0) is 61.8 Å². The van der Waals surface area contributed by atoms with Gasteiger partial charge in [0.2, 0.25) is 0 Å². The summed E-state index contributed by atoms with van der Waals surface area (Å²) in [5.41, 5.74) is 0.0158. The molecular weight excluding hydrogens is 405 g/mol. The maximum Gasteiger partial charge on any atom is 0.416 e. The summed E-state index contributed by atoms with van der Waals surface area (Å²) in [7, 11) is -4.43. The first-order valence-corrected chi connectivity index (χ1v) is 10.7. The first kappa shape index (κ1) is 21.3. The number of carbonyl (C=O) groups is 1. The molecule has 29 heavy (non-hydrogen) atoms. The van der Waals surface area contributed by atoms with Gasteiger partial charge in [-0.3, -0.25) is 9.69 Å². The van der Waals surface area contributed by atoms with Crippen molar-refractivity contribution in [3.05, 3.63) is 65.2 Å². The number of rotatable bonds is 5. The fourth-order valence-electron chi connectivity index (χ4n) is 3.22. The Hall–Kier alpha value is -2.39. The van der Waals surface area contributed by atoms with Crippen molar-refractivity contribution in [1.29, 1.82) is 0 Å². The molecule has 0 radical (unpaired) electrons. The number of sulfonamides is 1. The van der Waals surface area contributed by atoms with Crippen LogP contribution in [0.3, 0.4) is 0 Å². The van der Waals surface area contributed by atoms with Gasteiger partial charge in [0.05, 0.1) is 10.5 Å². The standard InChI is InChI=1S/C20H21F3N2O3S/c21-20(22,23)17-5-4-6-18(13-17)29(27,28)24-19(26)16-9-7-15(8-10-16)14-25-11-2-1-3-12-25/h4-10,13H,1-3,11-12,14H2,(H,24,26). The Kier molecular flexibility index (Phi) is 6.28. The van der Waals surface area contributed by atoms with Crippen molar-refractivity contribution in [2.24, 2.45) is 0 Å². The Labute approximate surface area is 167 Å². The number of halogens is 3. The number of hydrogen-bond acceptors (Lipinski definition) is 4. The third kappa shape index (κ3) is 5.57. The van der Waals surface area contributed by atoms with E-state index in [1.54, 1.807) is 12.1 Å². The summed E-state index contributed by atoms with van der Waals surface area (Å²) in [5, 5.41) is 0. The van der Waals surface area contributed by atoms with Crippen LogP contribution < -0.4 is 4.72 Å². The zero-order valence-corrected chi connectivity index (χ0v) is 16.4. The predicted octanol–water partition coefficient (Wildman–Crippen LogP) is 3.81. The van der Waals surface area contributed by atoms with Crippen molar-refractivity contribution in [2.45, 2.75) is 36.9 Å². The van der Waals surface area contributed by atoms with Crippen LogP contribution in [0, 0.1) is 0 Å². The third-order valence-electron chi connectivity index (χ3n) is 4.77. The Bertz CT molecular complexity index is 967. The van der Waals surface area contributed by atoms with Gasteiger partial charge < -0.3 is 0 Å². The highest BCUT2D eigenvalue weighted by Crippen LogP contribution is 2.30. The molecular formula is C20H21F3N2O3S. The van der Waals surface area contributed by atoms with Crippen molar-refractivity contribution in [3.8, 4) is 0 Å². The summed E-state index contributed by atoms with van der Waals surface area (Å²) in [6.45, 7) is 2.80. The molecule has 0 atom stereocenters. The molecule has 0 aliphatic carbocycles. The van der Waals surface area contributed by atoms with E-state index in [-0.39, 0.29) is 5.56 Å². The van der Waals surface area contributed by atoms with E-state index < -0.39 is 32.6 Å². The predicted molar refractivity (Wildman–Crippen MR) is 102 cm³/mol. The smallest absolute Gasteiger partial charge is 0.299 e. The number of carbonyl (C=O) groups excluding carboxylic acids is 1. The van der Waals surface area contributed by atoms with Crippen LogP contribution in [0.5, 0.6) is 0 Å². The molecule has 0 unspecified atom stereocenters. The van der Waals surface area contributed by atoms with Gasteiger partial charge in [0.25, 0.3) is 15.9 Å². The molecule has 1 aliphatic rings. The molecule has 1 aliphatic heterocycles. The highest BCUT2D eigenvalue weighted by atomic mass is 32.2. The van der Waals surface area contributed by atoms with E-state index in [2.05, 4.69) is 4.90 Å². The van der Waals surface area contributed by atoms with Crippen LogP contribution in [-0.2, 0) is 22.7 Å². The van der Waals surface area contributed by atoms with E-state index in [4.69, 9.17) is 0 Å². The number of amides is 1. The first-order valence-electron chi connectivity index (χ1n) is 9.21. The SMILES string of the molecule is O=C(NS(=O)(=O)c1cccc(C(F)(F)F)c1)c1ccc(CN2CCCCC2)cc1. The molecule has 9 heteroatoms. The number of nitrogens with zero attached hydrogens (tertiary/aromatic N) is 1. The lowest BCUT2D eigenvalue weighted by Gasteiger charge is -2.26. The quantitative estimate of drug-likeness (QED) is 0.790. The van der Waals surface area contributed by atoms with Crippen LogP contribution in [0.25, 0.3) is 0 Å². The largest absolute Gasteiger partial charge is 0.416 e. The number of benzene rings is 2. The van der Waals surface area contributed by atoms with Crippen molar-refractivity contribution in [1.82, 2.24) is 9.62 Å². The fourth-order valence-corrected chi connectivity index (χ4v) is 4.24. The number of piperidine rings is 1. The average Bonchev–Trinajstić information content (AvgIpc) is 2.68. The minimum Gasteiger partial charge on any atom is -0.299 e. The highest BCUT2D eigenvalue weighted by molar-refractivity contribution is 7.90. The van der Waals surface area contributed by atoms with Crippen molar-refractivity contribution in [2.75, 3.05) is 13.1 Å². The van der Waals surface area contributed by atoms with Gasteiger partial charge in [-0.25, -0.2) is 13.1 Å². The molecule has 0 spiro atoms. The molecule has 156 valence electrons. The minimum atomic E-state index is -4.68. The van der Waals surface area contributed by atoms with E-state index in [0.29, 0.717) is 6.07 Å². The second kappa shape index (κ2) is 8.54. The third-order valence-corrected chi connectivity index (χ3v) is 6.10. The van der Waals surface area contributed by atoms with Crippen molar-refractivity contribution < 1.29 is 26.4 Å². The van der Waals surface area contributed by atoms with Gasteiger partial charge in [0.1, 0.15) is 0 Å². The van der Waals surface area contributed by atoms with Crippen LogP contribution in [0.15, 0.2) is 53.4 Å². The Morgan fingerprint density at radius 3 is 2.28 bits per heavy atom. The van der Waals surface area contributed by atoms with E-state index >= 15 is 0 Å². The maximum atomic E-state index is 12.8. The number of nitrogens with one attached hydrogen (secondary N) is 1. The molecule has 0 bridgehead atoms. The first-order chi connectivity index (χ1) is 13.6. The lowest BCUT2D eigenvalue weighted by atomic mass is 10.1. The van der Waals surface area contributed by atoms with Crippen molar-refractivity contribution in [3.63, 3.8) is 0 Å². The Balaban J connectivity index is 1.69. The zero-order valence-electron chi connectivity index (χ0n) is 15.6. The van der Waals surface area contributed by atoms with Crippen LogP contribution in [-0.4, -0.2) is 32.3 Å². The molecule has 5 nitrogen and oxygen atoms in total. The second-order valence-electron chi connectivity index (χ2n) is 6.99. The van der Waals surface area contributed by atoms with E-state index in [1.807, 2.05) is 4.72 Å². The minimum absolute atomic E-state index is 0.114. The molecule has 2 aromatic carbocycles. The molecule has 1 fully saturated rings. The number of hydrogen-bond donors (Lipinski definition) is 1. The molecule has 2 aromatic rings. The summed E-state index contributed by atoms with van der Waals surface area (Å²) in [5.74, 6) is -0.896. The number of likely N-dealkylation sites (tertiary alicyclic amines) is 1. The summed E-state index contributed by atoms with van der Waals surface area (Å²) in [4.78, 5) is 14.0. The zero-order chi connectivity index (χ0) is 21.1. The van der Waals surface area contributed by atoms with Gasteiger partial charge in [0, 0.05) is 12.1 Å². The average molecular weight is 426 g/mol. The number of alkyl halides is 3. The molecule has 1 heterocycles. The maximum absolute atomic E-state index is 12.8. The molecule has 0 aromatic heterocycles.